The molecule has 2 heterocycles. The number of nitrogens with one attached hydrogen (secondary N) is 1. The third-order valence-corrected chi connectivity index (χ3v) is 8.34. The van der Waals surface area contributed by atoms with Gasteiger partial charge in [0.2, 0.25) is 5.91 Å². The highest BCUT2D eigenvalue weighted by atomic mass is 32.2. The fraction of sp³-hybridized carbons (Fsp3) is 0.438. The van der Waals surface area contributed by atoms with Crippen molar-refractivity contribution < 1.29 is 23.5 Å². The van der Waals surface area contributed by atoms with Gasteiger partial charge in [-0.25, -0.2) is 8.78 Å². The molecule has 1 amide bonds. The maximum atomic E-state index is 15.0. The molecule has 220 valence electrons. The lowest BCUT2D eigenvalue weighted by Gasteiger charge is -2.42. The molecule has 1 unspecified atom stereocenters. The summed E-state index contributed by atoms with van der Waals surface area (Å²) in [6, 6.07) is 14.9. The Morgan fingerprint density at radius 1 is 1.15 bits per heavy atom. The Hall–Kier alpha value is -3.17. The maximum absolute atomic E-state index is 15.0. The molecule has 2 N–H and O–H groups in total. The van der Waals surface area contributed by atoms with Gasteiger partial charge in [-0.1, -0.05) is 51.1 Å². The number of carbonyl (C=O) groups excluding carboxylic acids is 1. The number of thioether (sulfide) groups is 1. The molecule has 1 fully saturated rings. The summed E-state index contributed by atoms with van der Waals surface area (Å²) in [5.41, 5.74) is 2.21. The van der Waals surface area contributed by atoms with E-state index in [-0.39, 0.29) is 35.6 Å². The molecule has 2 atom stereocenters. The third kappa shape index (κ3) is 8.20. The maximum Gasteiger partial charge on any atom is 0.304 e. The molecule has 6 nitrogen and oxygen atoms in total. The SMILES string of the molecule is CC(C)(C)[C@H](c1cc(-c2cc(F)ccc2F)cn1Cc1ccccc1)N(CC1CCNC1)C(=O)CSCCC(=O)O. The number of hydrogen-bond acceptors (Lipinski definition) is 4. The van der Waals surface area contributed by atoms with Gasteiger partial charge in [-0.05, 0) is 60.7 Å². The molecule has 0 aliphatic carbocycles. The fourth-order valence-electron chi connectivity index (χ4n) is 5.51. The Bertz CT molecular complexity index is 1330. The zero-order valence-corrected chi connectivity index (χ0v) is 24.7. The third-order valence-electron chi connectivity index (χ3n) is 7.40. The van der Waals surface area contributed by atoms with E-state index < -0.39 is 23.0 Å². The van der Waals surface area contributed by atoms with Gasteiger partial charge < -0.3 is 19.9 Å². The predicted molar refractivity (Wildman–Crippen MR) is 160 cm³/mol. The summed E-state index contributed by atoms with van der Waals surface area (Å²) in [6.45, 7) is 9.03. The highest BCUT2D eigenvalue weighted by Crippen LogP contribution is 2.42. The van der Waals surface area contributed by atoms with E-state index in [2.05, 4.69) is 30.7 Å². The van der Waals surface area contributed by atoms with Crippen LogP contribution in [-0.4, -0.2) is 57.6 Å². The van der Waals surface area contributed by atoms with E-state index in [1.165, 1.54) is 17.8 Å². The topological polar surface area (TPSA) is 74.6 Å². The molecule has 0 bridgehead atoms. The number of carboxylic acids is 1. The molecular formula is C32H39F2N3O3S. The summed E-state index contributed by atoms with van der Waals surface area (Å²) >= 11 is 1.33. The van der Waals surface area contributed by atoms with Crippen molar-refractivity contribution in [1.29, 1.82) is 0 Å². The first-order chi connectivity index (χ1) is 19.5. The van der Waals surface area contributed by atoms with E-state index >= 15 is 0 Å². The molecule has 1 aliphatic heterocycles. The number of rotatable bonds is 12. The summed E-state index contributed by atoms with van der Waals surface area (Å²) in [6.07, 6.45) is 2.80. The summed E-state index contributed by atoms with van der Waals surface area (Å²) in [5.74, 6) is -1.17. The van der Waals surface area contributed by atoms with Crippen LogP contribution >= 0.6 is 11.8 Å². The van der Waals surface area contributed by atoms with E-state index in [9.17, 15) is 18.4 Å². The Kier molecular flexibility index (Phi) is 10.3. The van der Waals surface area contributed by atoms with Crippen LogP contribution in [0, 0.1) is 23.0 Å². The van der Waals surface area contributed by atoms with Crippen molar-refractivity contribution in [1.82, 2.24) is 14.8 Å². The van der Waals surface area contributed by atoms with Gasteiger partial charge in [0.25, 0.3) is 0 Å². The van der Waals surface area contributed by atoms with Crippen molar-refractivity contribution in [3.63, 3.8) is 0 Å². The van der Waals surface area contributed by atoms with Gasteiger partial charge in [0, 0.05) is 41.9 Å². The van der Waals surface area contributed by atoms with Crippen LogP contribution in [0.5, 0.6) is 0 Å². The largest absolute Gasteiger partial charge is 0.481 e. The van der Waals surface area contributed by atoms with Crippen molar-refractivity contribution in [2.45, 2.75) is 46.2 Å². The lowest BCUT2D eigenvalue weighted by atomic mass is 9.82. The minimum Gasteiger partial charge on any atom is -0.481 e. The van der Waals surface area contributed by atoms with Crippen molar-refractivity contribution in [2.75, 3.05) is 31.1 Å². The molecule has 2 aromatic carbocycles. The van der Waals surface area contributed by atoms with Crippen LogP contribution in [0.25, 0.3) is 11.1 Å². The van der Waals surface area contributed by atoms with Gasteiger partial charge in [-0.3, -0.25) is 9.59 Å². The van der Waals surface area contributed by atoms with Gasteiger partial charge >= 0.3 is 5.97 Å². The van der Waals surface area contributed by atoms with Gasteiger partial charge in [-0.15, -0.1) is 0 Å². The first-order valence-electron chi connectivity index (χ1n) is 14.0. The summed E-state index contributed by atoms with van der Waals surface area (Å²) in [5, 5.41) is 12.4. The van der Waals surface area contributed by atoms with E-state index in [0.717, 1.165) is 42.9 Å². The van der Waals surface area contributed by atoms with Gasteiger partial charge in [-0.2, -0.15) is 11.8 Å². The lowest BCUT2D eigenvalue weighted by Crippen LogP contribution is -2.45. The average Bonchev–Trinajstić information content (AvgIpc) is 3.57. The molecule has 0 radical (unpaired) electrons. The van der Waals surface area contributed by atoms with Crippen LogP contribution in [0.1, 0.15) is 50.9 Å². The normalized spacial score (nSPS) is 16.1. The standard InChI is InChI=1S/C32H39F2N3O3S/c1-32(2,3)31(37(19-23-11-13-35-17-23)29(38)21-41-14-12-30(39)40)28-15-24(26-16-25(33)9-10-27(26)34)20-36(28)18-22-7-5-4-6-8-22/h4-10,15-16,20,23,31,35H,11-14,17-19,21H2,1-3H3,(H,39,40)/t23?,31-/m0/s1. The smallest absolute Gasteiger partial charge is 0.304 e. The second kappa shape index (κ2) is 13.7. The molecule has 1 aromatic heterocycles. The minimum absolute atomic E-state index is 0.00429. The zero-order valence-electron chi connectivity index (χ0n) is 23.9. The van der Waals surface area contributed by atoms with Crippen LogP contribution in [-0.2, 0) is 16.1 Å². The van der Waals surface area contributed by atoms with Crippen molar-refractivity contribution in [3.05, 3.63) is 83.7 Å². The molecule has 4 rings (SSSR count). The number of amides is 1. The first kappa shape index (κ1) is 30.8. The molecule has 0 spiro atoms. The second-order valence-electron chi connectivity index (χ2n) is 11.8. The van der Waals surface area contributed by atoms with Crippen LogP contribution in [0.2, 0.25) is 0 Å². The average molecular weight is 584 g/mol. The number of aliphatic carboxylic acids is 1. The van der Waals surface area contributed by atoms with Crippen LogP contribution in [0.15, 0.2) is 60.8 Å². The van der Waals surface area contributed by atoms with E-state index in [1.54, 1.807) is 0 Å². The molecular weight excluding hydrogens is 544 g/mol. The Balaban J connectivity index is 1.79. The van der Waals surface area contributed by atoms with E-state index in [4.69, 9.17) is 5.11 Å². The van der Waals surface area contributed by atoms with E-state index in [0.29, 0.717) is 24.4 Å². The summed E-state index contributed by atoms with van der Waals surface area (Å²) in [7, 11) is 0. The number of halogens is 2. The number of nitrogens with zero attached hydrogens (tertiary/aromatic N) is 2. The number of aromatic nitrogens is 1. The van der Waals surface area contributed by atoms with Crippen molar-refractivity contribution in [3.8, 4) is 11.1 Å². The quantitative estimate of drug-likeness (QED) is 0.248. The van der Waals surface area contributed by atoms with Crippen LogP contribution < -0.4 is 5.32 Å². The lowest BCUT2D eigenvalue weighted by molar-refractivity contribution is -0.136. The first-order valence-corrected chi connectivity index (χ1v) is 15.2. The molecule has 1 saturated heterocycles. The van der Waals surface area contributed by atoms with Gasteiger partial charge in [0.15, 0.2) is 0 Å². The number of carbonyl (C=O) groups is 2. The Morgan fingerprint density at radius 3 is 2.56 bits per heavy atom. The number of benzene rings is 2. The minimum atomic E-state index is -0.887. The predicted octanol–water partition coefficient (Wildman–Crippen LogP) is 6.21. The van der Waals surface area contributed by atoms with Crippen LogP contribution in [0.3, 0.4) is 0 Å². The fourth-order valence-corrected chi connectivity index (χ4v) is 6.32. The number of carboxylic acid groups (broad SMARTS) is 1. The molecule has 41 heavy (non-hydrogen) atoms. The highest BCUT2D eigenvalue weighted by Gasteiger charge is 2.38. The molecule has 1 aliphatic rings. The number of hydrogen-bond donors (Lipinski definition) is 2. The van der Waals surface area contributed by atoms with Crippen LogP contribution in [0.4, 0.5) is 8.78 Å². The van der Waals surface area contributed by atoms with Crippen molar-refractivity contribution >= 4 is 23.6 Å². The van der Waals surface area contributed by atoms with E-state index in [1.807, 2.05) is 47.5 Å². The van der Waals surface area contributed by atoms with Gasteiger partial charge in [0.05, 0.1) is 18.2 Å². The monoisotopic (exact) mass is 583 g/mol. The van der Waals surface area contributed by atoms with Gasteiger partial charge in [0.1, 0.15) is 11.6 Å². The Labute approximate surface area is 245 Å². The summed E-state index contributed by atoms with van der Waals surface area (Å²) < 4.78 is 31.2. The molecule has 9 heteroatoms. The molecule has 0 saturated carbocycles. The second-order valence-corrected chi connectivity index (χ2v) is 12.9. The Morgan fingerprint density at radius 2 is 1.90 bits per heavy atom. The van der Waals surface area contributed by atoms with Crippen molar-refractivity contribution in [2.24, 2.45) is 11.3 Å². The zero-order chi connectivity index (χ0) is 29.6. The summed E-state index contributed by atoms with van der Waals surface area (Å²) in [4.78, 5) is 26.9. The molecule has 3 aromatic rings. The highest BCUT2D eigenvalue weighted by molar-refractivity contribution is 7.99.